The van der Waals surface area contributed by atoms with E-state index in [0.717, 1.165) is 18.4 Å². The van der Waals surface area contributed by atoms with E-state index in [9.17, 15) is 20.1 Å². The summed E-state index contributed by atoms with van der Waals surface area (Å²) in [4.78, 5) is 13.1. The average molecular weight is 420 g/mol. The number of phenols is 3. The van der Waals surface area contributed by atoms with Crippen LogP contribution in [0, 0.1) is 0 Å². The summed E-state index contributed by atoms with van der Waals surface area (Å²) < 4.78 is 11.6. The normalized spacial score (nSPS) is 12.2. The molecular formula is C25H24O6. The molecule has 0 amide bonds. The van der Waals surface area contributed by atoms with Crippen molar-refractivity contribution >= 4 is 33.1 Å². The Balaban J connectivity index is 1.87. The lowest BCUT2D eigenvalue weighted by atomic mass is 10.0. The Labute approximate surface area is 178 Å². The minimum absolute atomic E-state index is 0.0198. The SMILES string of the molecule is CC(C)=CCC/C(C)=C\Cc1c(O)c(O)cc2c1oc1oc3cc(O)ccc3c(=O)c12. The Kier molecular flexibility index (Phi) is 5.23. The molecule has 0 spiro atoms. The molecule has 2 heterocycles. The van der Waals surface area contributed by atoms with Gasteiger partial charge < -0.3 is 24.2 Å². The van der Waals surface area contributed by atoms with Crippen LogP contribution in [0.3, 0.4) is 0 Å². The van der Waals surface area contributed by atoms with Gasteiger partial charge in [-0.1, -0.05) is 23.3 Å². The number of furan rings is 1. The predicted octanol–water partition coefficient (Wildman–Crippen LogP) is 6.04. The lowest BCUT2D eigenvalue weighted by Crippen LogP contribution is -2.00. The van der Waals surface area contributed by atoms with E-state index in [-0.39, 0.29) is 44.8 Å². The first-order valence-corrected chi connectivity index (χ1v) is 10.1. The van der Waals surface area contributed by atoms with Gasteiger partial charge in [-0.2, -0.15) is 0 Å². The van der Waals surface area contributed by atoms with Gasteiger partial charge in [-0.3, -0.25) is 4.79 Å². The molecule has 0 bridgehead atoms. The average Bonchev–Trinajstić information content (AvgIpc) is 3.05. The van der Waals surface area contributed by atoms with Crippen LogP contribution in [0.4, 0.5) is 0 Å². The largest absolute Gasteiger partial charge is 0.508 e. The number of allylic oxidation sites excluding steroid dienone is 4. The monoisotopic (exact) mass is 420 g/mol. The van der Waals surface area contributed by atoms with Crippen molar-refractivity contribution in [3.63, 3.8) is 0 Å². The highest BCUT2D eigenvalue weighted by Gasteiger charge is 2.22. The van der Waals surface area contributed by atoms with Crippen LogP contribution in [0.2, 0.25) is 0 Å². The van der Waals surface area contributed by atoms with Gasteiger partial charge in [-0.25, -0.2) is 0 Å². The second-order valence-electron chi connectivity index (χ2n) is 8.05. The van der Waals surface area contributed by atoms with Crippen LogP contribution in [0.1, 0.15) is 39.2 Å². The van der Waals surface area contributed by atoms with Gasteiger partial charge in [-0.05, 0) is 58.2 Å². The van der Waals surface area contributed by atoms with Crippen molar-refractivity contribution in [2.45, 2.75) is 40.0 Å². The van der Waals surface area contributed by atoms with E-state index in [4.69, 9.17) is 8.83 Å². The number of hydrogen-bond acceptors (Lipinski definition) is 6. The van der Waals surface area contributed by atoms with Crippen LogP contribution in [0.5, 0.6) is 17.2 Å². The van der Waals surface area contributed by atoms with Gasteiger partial charge in [-0.15, -0.1) is 0 Å². The third-order valence-electron chi connectivity index (χ3n) is 5.38. The van der Waals surface area contributed by atoms with Crippen molar-refractivity contribution in [3.05, 3.63) is 63.4 Å². The molecule has 31 heavy (non-hydrogen) atoms. The summed E-state index contributed by atoms with van der Waals surface area (Å²) in [5, 5.41) is 31.3. The first-order valence-electron chi connectivity index (χ1n) is 10.1. The molecule has 6 heteroatoms. The summed E-state index contributed by atoms with van der Waals surface area (Å²) in [6, 6.07) is 5.55. The first kappa shape index (κ1) is 20.6. The molecule has 0 saturated heterocycles. The van der Waals surface area contributed by atoms with E-state index in [2.05, 4.69) is 19.9 Å². The summed E-state index contributed by atoms with van der Waals surface area (Å²) in [7, 11) is 0. The van der Waals surface area contributed by atoms with Gasteiger partial charge in [0.15, 0.2) is 11.5 Å². The molecule has 0 aliphatic heterocycles. The molecule has 3 N–H and O–H groups in total. The molecule has 4 aromatic rings. The third kappa shape index (κ3) is 3.77. The van der Waals surface area contributed by atoms with Gasteiger partial charge in [0.2, 0.25) is 5.43 Å². The van der Waals surface area contributed by atoms with Gasteiger partial charge in [0, 0.05) is 17.0 Å². The quantitative estimate of drug-likeness (QED) is 0.268. The molecule has 0 fully saturated rings. The molecule has 0 unspecified atom stereocenters. The van der Waals surface area contributed by atoms with Crippen LogP contribution in [0.15, 0.2) is 61.2 Å². The molecule has 2 aromatic carbocycles. The highest BCUT2D eigenvalue weighted by Crippen LogP contribution is 2.41. The topological polar surface area (TPSA) is 104 Å². The van der Waals surface area contributed by atoms with E-state index < -0.39 is 0 Å². The lowest BCUT2D eigenvalue weighted by molar-refractivity contribution is 0.400. The Morgan fingerprint density at radius 2 is 1.77 bits per heavy atom. The van der Waals surface area contributed by atoms with Crippen LogP contribution < -0.4 is 5.43 Å². The molecule has 2 aromatic heterocycles. The highest BCUT2D eigenvalue weighted by molar-refractivity contribution is 6.08. The number of phenolic OH excluding ortho intramolecular Hbond substituents is 3. The Bertz CT molecular complexity index is 1430. The van der Waals surface area contributed by atoms with Crippen molar-refractivity contribution in [1.29, 1.82) is 0 Å². The Morgan fingerprint density at radius 3 is 2.52 bits per heavy atom. The van der Waals surface area contributed by atoms with Crippen LogP contribution in [-0.4, -0.2) is 15.3 Å². The molecule has 4 rings (SSSR count). The standard InChI is InChI=1S/C25H24O6/c1-13(2)5-4-6-14(3)7-9-17-22(28)19(27)12-18-21-23(29)16-10-8-15(26)11-20(16)30-25(21)31-24(17)18/h5,7-8,10-12,26-28H,4,6,9H2,1-3H3/b14-7-. The summed E-state index contributed by atoms with van der Waals surface area (Å²) in [6.07, 6.45) is 6.27. The molecule has 0 saturated carbocycles. The van der Waals surface area contributed by atoms with Crippen LogP contribution >= 0.6 is 0 Å². The van der Waals surface area contributed by atoms with Crippen molar-refractivity contribution in [2.75, 3.05) is 0 Å². The number of hydrogen-bond donors (Lipinski definition) is 3. The van der Waals surface area contributed by atoms with Crippen LogP contribution in [0.25, 0.3) is 33.1 Å². The zero-order valence-corrected chi connectivity index (χ0v) is 17.7. The molecule has 0 radical (unpaired) electrons. The minimum atomic E-state index is -0.334. The van der Waals surface area contributed by atoms with E-state index in [1.54, 1.807) is 0 Å². The second kappa shape index (κ2) is 7.87. The fourth-order valence-corrected chi connectivity index (χ4v) is 3.71. The number of aromatic hydroxyl groups is 3. The zero-order valence-electron chi connectivity index (χ0n) is 17.7. The van der Waals surface area contributed by atoms with Gasteiger partial charge in [0.05, 0.1) is 5.39 Å². The van der Waals surface area contributed by atoms with Crippen molar-refractivity contribution in [1.82, 2.24) is 0 Å². The van der Waals surface area contributed by atoms with E-state index in [1.807, 2.05) is 13.0 Å². The zero-order chi connectivity index (χ0) is 22.3. The fourth-order valence-electron chi connectivity index (χ4n) is 3.71. The van der Waals surface area contributed by atoms with Gasteiger partial charge >= 0.3 is 5.78 Å². The minimum Gasteiger partial charge on any atom is -0.508 e. The van der Waals surface area contributed by atoms with Crippen molar-refractivity contribution in [2.24, 2.45) is 0 Å². The molecule has 160 valence electrons. The third-order valence-corrected chi connectivity index (χ3v) is 5.38. The van der Waals surface area contributed by atoms with Gasteiger partial charge in [0.25, 0.3) is 0 Å². The predicted molar refractivity (Wildman–Crippen MR) is 121 cm³/mol. The molecule has 6 nitrogen and oxygen atoms in total. The number of rotatable bonds is 5. The number of fused-ring (bicyclic) bond motifs is 4. The van der Waals surface area contributed by atoms with Gasteiger partial charge in [0.1, 0.15) is 22.3 Å². The second-order valence-corrected chi connectivity index (χ2v) is 8.05. The summed E-state index contributed by atoms with van der Waals surface area (Å²) in [5.74, 6) is -0.662. The Morgan fingerprint density at radius 1 is 1.00 bits per heavy atom. The maximum absolute atomic E-state index is 13.1. The van der Waals surface area contributed by atoms with E-state index in [1.165, 1.54) is 29.8 Å². The molecule has 0 aliphatic rings. The fraction of sp³-hybridized carbons (Fsp3) is 0.240. The first-order chi connectivity index (χ1) is 14.8. The smallest absolute Gasteiger partial charge is 0.302 e. The molecule has 0 aliphatic carbocycles. The maximum atomic E-state index is 13.1. The lowest BCUT2D eigenvalue weighted by Gasteiger charge is -2.06. The Hall–Kier alpha value is -3.67. The van der Waals surface area contributed by atoms with Crippen LogP contribution in [-0.2, 0) is 6.42 Å². The molecular weight excluding hydrogens is 396 g/mol. The summed E-state index contributed by atoms with van der Waals surface area (Å²) in [6.45, 7) is 6.13. The number of benzene rings is 2. The van der Waals surface area contributed by atoms with Crippen molar-refractivity contribution < 1.29 is 24.2 Å². The summed E-state index contributed by atoms with van der Waals surface area (Å²) >= 11 is 0. The highest BCUT2D eigenvalue weighted by atomic mass is 16.5. The van der Waals surface area contributed by atoms with Crippen molar-refractivity contribution in [3.8, 4) is 17.2 Å². The van der Waals surface area contributed by atoms with E-state index >= 15 is 0 Å². The molecule has 0 atom stereocenters. The summed E-state index contributed by atoms with van der Waals surface area (Å²) in [5.41, 5.74) is 2.94. The van der Waals surface area contributed by atoms with E-state index in [0.29, 0.717) is 23.0 Å². The maximum Gasteiger partial charge on any atom is 0.302 e.